The van der Waals surface area contributed by atoms with Crippen molar-refractivity contribution in [3.8, 4) is 11.1 Å². The van der Waals surface area contributed by atoms with E-state index >= 15 is 0 Å². The molecule has 1 amide bonds. The molecule has 0 N–H and O–H groups in total. The van der Waals surface area contributed by atoms with Gasteiger partial charge < -0.3 is 4.90 Å². The van der Waals surface area contributed by atoms with E-state index in [0.717, 1.165) is 44.2 Å². The molecule has 0 saturated heterocycles. The molecule has 1 aliphatic heterocycles. The third kappa shape index (κ3) is 4.43. The summed E-state index contributed by atoms with van der Waals surface area (Å²) in [6.07, 6.45) is 3.37. The maximum atomic E-state index is 12.8. The normalized spacial score (nSPS) is 17.6. The maximum absolute atomic E-state index is 12.8. The number of carbonyl (C=O) groups excluding carboxylic acids is 1. The average Bonchev–Trinajstić information content (AvgIpc) is 3.38. The molecule has 1 aliphatic rings. The Kier molecular flexibility index (Phi) is 6.85. The van der Waals surface area contributed by atoms with E-state index in [0.29, 0.717) is 6.54 Å². The van der Waals surface area contributed by atoms with Crippen LogP contribution >= 0.6 is 39.1 Å². The van der Waals surface area contributed by atoms with Crippen LogP contribution in [0, 0.1) is 6.92 Å². The van der Waals surface area contributed by atoms with Crippen molar-refractivity contribution in [3.63, 3.8) is 0 Å². The van der Waals surface area contributed by atoms with Gasteiger partial charge in [-0.3, -0.25) is 9.48 Å². The molecule has 0 fully saturated rings. The molecule has 10 heteroatoms. The number of rotatable bonds is 5. The number of aryl methyl sites for hydroxylation is 2. The molecule has 4 radical (unpaired) electrons. The number of amides is 1. The van der Waals surface area contributed by atoms with Crippen LogP contribution in [0.1, 0.15) is 39.4 Å². The Morgan fingerprint density at radius 2 is 2.00 bits per heavy atom. The zero-order valence-electron chi connectivity index (χ0n) is 18.8. The highest BCUT2D eigenvalue weighted by molar-refractivity contribution is 7.56. The lowest BCUT2D eigenvalue weighted by atomic mass is 9.56. The molecule has 33 heavy (non-hydrogen) atoms. The van der Waals surface area contributed by atoms with Crippen molar-refractivity contribution >= 4 is 60.7 Å². The average molecular weight is 507 g/mol. The van der Waals surface area contributed by atoms with Gasteiger partial charge in [0.25, 0.3) is 0 Å². The van der Waals surface area contributed by atoms with Gasteiger partial charge in [0.05, 0.1) is 26.0 Å². The Morgan fingerprint density at radius 1 is 1.30 bits per heavy atom. The summed E-state index contributed by atoms with van der Waals surface area (Å²) in [5.41, 5.74) is 5.26. The fraction of sp³-hybridized carbons (Fsp3) is 0.304. The van der Waals surface area contributed by atoms with Gasteiger partial charge >= 0.3 is 0 Å². The molecule has 0 spiro atoms. The lowest BCUT2D eigenvalue weighted by molar-refractivity contribution is -0.128. The fourth-order valence-electron chi connectivity index (χ4n) is 4.46. The fourth-order valence-corrected chi connectivity index (χ4v) is 6.20. The molecule has 166 valence electrons. The lowest BCUT2D eigenvalue weighted by Crippen LogP contribution is -2.54. The van der Waals surface area contributed by atoms with E-state index in [-0.39, 0.29) is 16.5 Å². The number of hydrogen-bond donors (Lipinski definition) is 0. The summed E-state index contributed by atoms with van der Waals surface area (Å²) in [4.78, 5) is 16.2. The van der Waals surface area contributed by atoms with Crippen molar-refractivity contribution in [2.24, 2.45) is 0 Å². The number of fused-ring (bicyclic) bond motifs is 1. The van der Waals surface area contributed by atoms with Gasteiger partial charge in [-0.25, -0.2) is 0 Å². The molecule has 4 rings (SSSR count). The van der Waals surface area contributed by atoms with Gasteiger partial charge in [-0.05, 0) is 48.0 Å². The number of nitrogens with zero attached hydrogens (tertiary/aromatic N) is 3. The molecular weight excluding hydrogens is 481 g/mol. The quantitative estimate of drug-likeness (QED) is 0.294. The first kappa shape index (κ1) is 24.9. The minimum Gasteiger partial charge on any atom is -0.345 e. The lowest BCUT2D eigenvalue weighted by Gasteiger charge is -2.46. The maximum Gasteiger partial charge on any atom is 0.245 e. The van der Waals surface area contributed by atoms with Crippen molar-refractivity contribution in [1.82, 2.24) is 14.7 Å². The van der Waals surface area contributed by atoms with Crippen molar-refractivity contribution in [1.29, 1.82) is 0 Å². The van der Waals surface area contributed by atoms with Gasteiger partial charge in [-0.1, -0.05) is 30.8 Å². The highest BCUT2D eigenvalue weighted by Gasteiger charge is 2.42. The van der Waals surface area contributed by atoms with E-state index in [2.05, 4.69) is 65.6 Å². The molecule has 3 heterocycles. The van der Waals surface area contributed by atoms with E-state index in [9.17, 15) is 4.79 Å². The van der Waals surface area contributed by atoms with Gasteiger partial charge in [0.1, 0.15) is 0 Å². The van der Waals surface area contributed by atoms with Crippen molar-refractivity contribution in [2.75, 3.05) is 6.54 Å². The second-order valence-corrected chi connectivity index (χ2v) is 14.6. The van der Waals surface area contributed by atoms with Gasteiger partial charge in [-0.2, -0.15) is 5.10 Å². The van der Waals surface area contributed by atoms with Crippen LogP contribution < -0.4 is 0 Å². The van der Waals surface area contributed by atoms with Crippen LogP contribution in [0.3, 0.4) is 0 Å². The topological polar surface area (TPSA) is 38.1 Å². The third-order valence-corrected chi connectivity index (χ3v) is 8.02. The zero-order chi connectivity index (χ0) is 24.1. The minimum absolute atomic E-state index is 0.0870. The Hall–Kier alpha value is -1.24. The van der Waals surface area contributed by atoms with E-state index in [1.807, 2.05) is 23.7 Å². The van der Waals surface area contributed by atoms with Crippen LogP contribution in [0.2, 0.25) is 0 Å². The summed E-state index contributed by atoms with van der Waals surface area (Å²) < 4.78 is 1.59. The van der Waals surface area contributed by atoms with Crippen LogP contribution in [0.15, 0.2) is 49.2 Å². The Bertz CT molecular complexity index is 1230. The van der Waals surface area contributed by atoms with Crippen LogP contribution in [0.4, 0.5) is 0 Å². The molecule has 2 aromatic heterocycles. The number of thiophene rings is 1. The van der Waals surface area contributed by atoms with Crippen molar-refractivity contribution < 1.29 is 4.79 Å². The Morgan fingerprint density at radius 3 is 2.64 bits per heavy atom. The zero-order valence-corrected chi connectivity index (χ0v) is 23.1. The molecule has 4 nitrogen and oxygen atoms in total. The molecule has 0 aliphatic carbocycles. The van der Waals surface area contributed by atoms with Crippen LogP contribution in [0.5, 0.6) is 0 Å². The monoisotopic (exact) mass is 507 g/mol. The highest BCUT2D eigenvalue weighted by Crippen LogP contribution is 2.50. The van der Waals surface area contributed by atoms with E-state index in [4.69, 9.17) is 20.8 Å². The Balaban J connectivity index is 1.94. The third-order valence-electron chi connectivity index (χ3n) is 6.00. The number of carbonyl (C=O) groups is 1. The summed E-state index contributed by atoms with van der Waals surface area (Å²) in [6.45, 7) is 8.91. The minimum atomic E-state index is -1.38. The van der Waals surface area contributed by atoms with Gasteiger partial charge in [0.2, 0.25) is 5.91 Å². The summed E-state index contributed by atoms with van der Waals surface area (Å²) in [7, 11) is 21.6. The van der Waals surface area contributed by atoms with Crippen molar-refractivity contribution in [2.45, 2.75) is 36.3 Å². The van der Waals surface area contributed by atoms with Gasteiger partial charge in [0.15, 0.2) is 0 Å². The molecule has 3 aromatic rings. The number of aromatic nitrogens is 2. The molecule has 0 saturated carbocycles. The molecule has 4 atom stereocenters. The van der Waals surface area contributed by atoms with E-state index in [1.165, 1.54) is 22.3 Å². The molecular formula is C23H26B2N3OP3S. The summed E-state index contributed by atoms with van der Waals surface area (Å²) >= 11 is 1.54. The predicted molar refractivity (Wildman–Crippen MR) is 150 cm³/mol. The van der Waals surface area contributed by atoms with Gasteiger partial charge in [-0.15, -0.1) is 39.1 Å². The highest BCUT2D eigenvalue weighted by atomic mass is 32.1. The largest absolute Gasteiger partial charge is 0.345 e. The summed E-state index contributed by atoms with van der Waals surface area (Å²) in [5, 5.41) is 3.45. The van der Waals surface area contributed by atoms with E-state index < -0.39 is 5.34 Å². The first-order chi connectivity index (χ1) is 15.5. The molecule has 3 unspecified atom stereocenters. The first-order valence-electron chi connectivity index (χ1n) is 10.7. The van der Waals surface area contributed by atoms with Crippen molar-refractivity contribution in [3.05, 3.63) is 75.8 Å². The second-order valence-electron chi connectivity index (χ2n) is 8.44. The number of benzene rings is 1. The standard InChI is InChI=1S/C23H26B2N3OP3S/c1-4-19(29)28-12-17(16-10-13(3)33-21(16)22(28,24)25)14-8-6-7-9-15(14)18-11-27(5-2)26-20(18)23(30,31)32/h4,6-11,17H,1,5,12,30-32H2,2-3H3/t17-/m0/s1. The Labute approximate surface area is 209 Å². The predicted octanol–water partition coefficient (Wildman–Crippen LogP) is 4.28. The SMILES string of the molecule is [B]C1([B])c2sc(C)cc2[C@H](c2ccccc2-c2cn(CC)nc2C(P)(P)P)CN1C(=O)C=C. The molecule has 1 aromatic carbocycles. The first-order valence-corrected chi connectivity index (χ1v) is 13.2. The van der Waals surface area contributed by atoms with Crippen LogP contribution in [-0.4, -0.2) is 42.8 Å². The number of hydrogen-bond acceptors (Lipinski definition) is 3. The molecule has 0 bridgehead atoms. The second kappa shape index (κ2) is 9.08. The van der Waals surface area contributed by atoms with Crippen LogP contribution in [0.25, 0.3) is 11.1 Å². The summed E-state index contributed by atoms with van der Waals surface area (Å²) in [5.74, 6) is -0.367. The van der Waals surface area contributed by atoms with E-state index in [1.54, 1.807) is 0 Å². The van der Waals surface area contributed by atoms with Crippen LogP contribution in [-0.2, 0) is 21.3 Å². The van der Waals surface area contributed by atoms with Gasteiger partial charge in [0, 0.05) is 40.5 Å². The summed E-state index contributed by atoms with van der Waals surface area (Å²) in [6, 6.07) is 10.5. The smallest absolute Gasteiger partial charge is 0.245 e.